The summed E-state index contributed by atoms with van der Waals surface area (Å²) in [5.41, 5.74) is 0.590. The molecule has 2 rings (SSSR count). The third-order valence-electron chi connectivity index (χ3n) is 2.89. The summed E-state index contributed by atoms with van der Waals surface area (Å²) in [5, 5.41) is 8.67. The molecule has 90 valence electrons. The van der Waals surface area contributed by atoms with Crippen molar-refractivity contribution in [1.82, 2.24) is 4.98 Å². The Morgan fingerprint density at radius 2 is 2.35 bits per heavy atom. The third kappa shape index (κ3) is 3.72. The second-order valence-corrected chi connectivity index (χ2v) is 4.46. The number of pyridine rings is 1. The Balaban J connectivity index is 1.73. The Morgan fingerprint density at radius 3 is 2.94 bits per heavy atom. The van der Waals surface area contributed by atoms with Crippen LogP contribution in [0.25, 0.3) is 0 Å². The van der Waals surface area contributed by atoms with Crippen molar-refractivity contribution in [3.63, 3.8) is 0 Å². The van der Waals surface area contributed by atoms with Crippen LogP contribution in [0.1, 0.15) is 18.4 Å². The first kappa shape index (κ1) is 11.9. The molecule has 1 aromatic heterocycles. The zero-order valence-corrected chi connectivity index (χ0v) is 10.1. The summed E-state index contributed by atoms with van der Waals surface area (Å²) in [4.78, 5) is 6.26. The molecule has 4 nitrogen and oxygen atoms in total. The number of hydrogen-bond donors (Lipinski definition) is 0. The van der Waals surface area contributed by atoms with Crippen molar-refractivity contribution < 1.29 is 4.74 Å². The van der Waals surface area contributed by atoms with E-state index in [-0.39, 0.29) is 0 Å². The first-order valence-corrected chi connectivity index (χ1v) is 5.94. The van der Waals surface area contributed by atoms with Gasteiger partial charge in [0.05, 0.1) is 12.2 Å². The summed E-state index contributed by atoms with van der Waals surface area (Å²) >= 11 is 0. The molecule has 1 fully saturated rings. The van der Waals surface area contributed by atoms with Gasteiger partial charge < -0.3 is 9.64 Å². The molecule has 0 bridgehead atoms. The molecule has 1 aromatic rings. The third-order valence-corrected chi connectivity index (χ3v) is 2.89. The minimum absolute atomic E-state index is 0.590. The smallest absolute Gasteiger partial charge is 0.128 e. The average molecular weight is 231 g/mol. The van der Waals surface area contributed by atoms with E-state index in [1.165, 1.54) is 12.8 Å². The van der Waals surface area contributed by atoms with E-state index in [9.17, 15) is 0 Å². The minimum atomic E-state index is 0.590. The topological polar surface area (TPSA) is 49.1 Å². The van der Waals surface area contributed by atoms with E-state index in [0.717, 1.165) is 31.5 Å². The van der Waals surface area contributed by atoms with Crippen LogP contribution in [0.15, 0.2) is 18.3 Å². The van der Waals surface area contributed by atoms with Crippen LogP contribution >= 0.6 is 0 Å². The van der Waals surface area contributed by atoms with Gasteiger partial charge in [0, 0.05) is 26.4 Å². The van der Waals surface area contributed by atoms with Crippen LogP contribution in [-0.2, 0) is 4.74 Å². The Bertz CT molecular complexity index is 392. The average Bonchev–Trinajstić information content (AvgIpc) is 3.18. The van der Waals surface area contributed by atoms with Crippen LogP contribution in [-0.4, -0.2) is 31.8 Å². The van der Waals surface area contributed by atoms with Gasteiger partial charge in [-0.05, 0) is 30.9 Å². The van der Waals surface area contributed by atoms with Crippen LogP contribution in [0.3, 0.4) is 0 Å². The Labute approximate surface area is 102 Å². The van der Waals surface area contributed by atoms with Crippen LogP contribution in [0.4, 0.5) is 5.82 Å². The molecule has 0 saturated heterocycles. The highest BCUT2D eigenvalue weighted by Crippen LogP contribution is 2.28. The predicted octanol–water partition coefficient (Wildman–Crippen LogP) is 1.82. The van der Waals surface area contributed by atoms with Gasteiger partial charge in [0.2, 0.25) is 0 Å². The fourth-order valence-electron chi connectivity index (χ4n) is 1.53. The van der Waals surface area contributed by atoms with Gasteiger partial charge in [-0.15, -0.1) is 0 Å². The Morgan fingerprint density at radius 1 is 1.53 bits per heavy atom. The first-order valence-electron chi connectivity index (χ1n) is 5.94. The number of likely N-dealkylation sites (N-methyl/N-ethyl adjacent to an activating group) is 1. The number of anilines is 1. The fraction of sp³-hybridized carbons (Fsp3) is 0.538. The molecule has 0 amide bonds. The summed E-state index contributed by atoms with van der Waals surface area (Å²) in [5.74, 6) is 1.69. The summed E-state index contributed by atoms with van der Waals surface area (Å²) < 4.78 is 5.57. The standard InChI is InChI=1S/C13H17N3O/c1-16(6-7-17-10-11-2-3-11)13-5-4-12(8-14)9-15-13/h4-5,9,11H,2-3,6-7,10H2,1H3. The lowest BCUT2D eigenvalue weighted by Crippen LogP contribution is -2.23. The molecule has 1 aliphatic rings. The van der Waals surface area contributed by atoms with Crippen molar-refractivity contribution in [1.29, 1.82) is 5.26 Å². The van der Waals surface area contributed by atoms with E-state index in [0.29, 0.717) is 5.56 Å². The minimum Gasteiger partial charge on any atom is -0.379 e. The number of rotatable bonds is 6. The van der Waals surface area contributed by atoms with Crippen LogP contribution in [0.5, 0.6) is 0 Å². The normalized spacial score (nSPS) is 14.4. The van der Waals surface area contributed by atoms with Crippen molar-refractivity contribution in [2.45, 2.75) is 12.8 Å². The summed E-state index contributed by atoms with van der Waals surface area (Å²) in [6.07, 6.45) is 4.25. The van der Waals surface area contributed by atoms with Gasteiger partial charge in [0.15, 0.2) is 0 Å². The van der Waals surface area contributed by atoms with Crippen molar-refractivity contribution in [3.05, 3.63) is 23.9 Å². The molecule has 17 heavy (non-hydrogen) atoms. The number of ether oxygens (including phenoxy) is 1. The number of hydrogen-bond acceptors (Lipinski definition) is 4. The number of nitrogens with zero attached hydrogens (tertiary/aromatic N) is 3. The second kappa shape index (κ2) is 5.65. The monoisotopic (exact) mass is 231 g/mol. The zero-order valence-electron chi connectivity index (χ0n) is 10.1. The molecule has 0 aliphatic heterocycles. The lowest BCUT2D eigenvalue weighted by Gasteiger charge is -2.17. The van der Waals surface area contributed by atoms with Crippen LogP contribution in [0, 0.1) is 17.2 Å². The largest absolute Gasteiger partial charge is 0.379 e. The molecular weight excluding hydrogens is 214 g/mol. The highest BCUT2D eigenvalue weighted by molar-refractivity contribution is 5.40. The van der Waals surface area contributed by atoms with Crippen LogP contribution in [0.2, 0.25) is 0 Å². The molecule has 1 aliphatic carbocycles. The van der Waals surface area contributed by atoms with E-state index in [4.69, 9.17) is 10.00 Å². The van der Waals surface area contributed by atoms with E-state index in [1.54, 1.807) is 12.3 Å². The molecule has 0 aromatic carbocycles. The maximum atomic E-state index is 8.67. The van der Waals surface area contributed by atoms with E-state index in [1.807, 2.05) is 18.0 Å². The lowest BCUT2D eigenvalue weighted by molar-refractivity contribution is 0.131. The molecule has 1 heterocycles. The summed E-state index contributed by atoms with van der Waals surface area (Å²) in [6.45, 7) is 2.45. The maximum absolute atomic E-state index is 8.67. The molecule has 0 N–H and O–H groups in total. The van der Waals surface area contributed by atoms with Gasteiger partial charge in [-0.1, -0.05) is 0 Å². The summed E-state index contributed by atoms with van der Waals surface area (Å²) in [6, 6.07) is 5.70. The molecule has 4 heteroatoms. The first-order chi connectivity index (χ1) is 8.29. The SMILES string of the molecule is CN(CCOCC1CC1)c1ccc(C#N)cn1. The quantitative estimate of drug-likeness (QED) is 0.701. The molecule has 1 saturated carbocycles. The van der Waals surface area contributed by atoms with Gasteiger partial charge >= 0.3 is 0 Å². The molecule has 0 atom stereocenters. The van der Waals surface area contributed by atoms with Crippen molar-refractivity contribution in [2.75, 3.05) is 31.7 Å². The van der Waals surface area contributed by atoms with Gasteiger partial charge in [0.25, 0.3) is 0 Å². The molecule has 0 spiro atoms. The van der Waals surface area contributed by atoms with E-state index >= 15 is 0 Å². The molecule has 0 radical (unpaired) electrons. The number of nitriles is 1. The predicted molar refractivity (Wildman–Crippen MR) is 65.8 cm³/mol. The molecular formula is C13H17N3O. The lowest BCUT2D eigenvalue weighted by atomic mass is 10.3. The summed E-state index contributed by atoms with van der Waals surface area (Å²) in [7, 11) is 1.98. The Hall–Kier alpha value is -1.60. The van der Waals surface area contributed by atoms with Crippen molar-refractivity contribution in [2.24, 2.45) is 5.92 Å². The van der Waals surface area contributed by atoms with Crippen molar-refractivity contribution in [3.8, 4) is 6.07 Å². The van der Waals surface area contributed by atoms with E-state index in [2.05, 4.69) is 11.1 Å². The maximum Gasteiger partial charge on any atom is 0.128 e. The highest BCUT2D eigenvalue weighted by atomic mass is 16.5. The second-order valence-electron chi connectivity index (χ2n) is 4.46. The zero-order chi connectivity index (χ0) is 12.1. The Kier molecular flexibility index (Phi) is 3.94. The fourth-order valence-corrected chi connectivity index (χ4v) is 1.53. The van der Waals surface area contributed by atoms with Gasteiger partial charge in [0.1, 0.15) is 11.9 Å². The van der Waals surface area contributed by atoms with E-state index < -0.39 is 0 Å². The molecule has 0 unspecified atom stereocenters. The van der Waals surface area contributed by atoms with Gasteiger partial charge in [-0.25, -0.2) is 4.98 Å². The van der Waals surface area contributed by atoms with Gasteiger partial charge in [-0.2, -0.15) is 5.26 Å². The van der Waals surface area contributed by atoms with Gasteiger partial charge in [-0.3, -0.25) is 0 Å². The highest BCUT2D eigenvalue weighted by Gasteiger charge is 2.20. The van der Waals surface area contributed by atoms with Crippen molar-refractivity contribution >= 4 is 5.82 Å². The number of aromatic nitrogens is 1. The van der Waals surface area contributed by atoms with Crippen LogP contribution < -0.4 is 4.90 Å².